The number of hydrogen-bond acceptors (Lipinski definition) is 3. The summed E-state index contributed by atoms with van der Waals surface area (Å²) in [6.45, 7) is 2.56. The molecule has 2 rings (SSSR count). The smallest absolute Gasteiger partial charge is 0.233 e. The Labute approximate surface area is 115 Å². The second-order valence-electron chi connectivity index (χ2n) is 4.80. The molecule has 1 saturated heterocycles. The van der Waals surface area contributed by atoms with Crippen molar-refractivity contribution in [1.82, 2.24) is 10.0 Å². The third kappa shape index (κ3) is 5.14. The third-order valence-electron chi connectivity index (χ3n) is 3.26. The summed E-state index contributed by atoms with van der Waals surface area (Å²) in [7, 11) is -3.32. The average Bonchev–Trinajstić information content (AvgIpc) is 2.91. The van der Waals surface area contributed by atoms with E-state index < -0.39 is 10.0 Å². The van der Waals surface area contributed by atoms with Gasteiger partial charge in [0.05, 0.1) is 0 Å². The second-order valence-corrected chi connectivity index (χ2v) is 6.45. The lowest BCUT2D eigenvalue weighted by atomic mass is 10.1. The summed E-state index contributed by atoms with van der Waals surface area (Å²) in [6.07, 6.45) is 3.65. The van der Waals surface area contributed by atoms with Crippen LogP contribution in [0.3, 0.4) is 0 Å². The van der Waals surface area contributed by atoms with Crippen LogP contribution in [-0.4, -0.2) is 28.1 Å². The highest BCUT2D eigenvalue weighted by atomic mass is 32.2. The van der Waals surface area contributed by atoms with Crippen LogP contribution in [0.5, 0.6) is 0 Å². The van der Waals surface area contributed by atoms with E-state index in [1.165, 1.54) is 5.41 Å². The molecule has 1 atom stereocenters. The molecule has 4 nitrogen and oxygen atoms in total. The molecule has 0 saturated carbocycles. The van der Waals surface area contributed by atoms with Crippen molar-refractivity contribution in [3.05, 3.63) is 41.3 Å². The van der Waals surface area contributed by atoms with Gasteiger partial charge in [-0.15, -0.1) is 0 Å². The van der Waals surface area contributed by atoms with Crippen LogP contribution in [0.4, 0.5) is 0 Å². The molecule has 0 bridgehead atoms. The monoisotopic (exact) mass is 280 g/mol. The molecular formula is C14H20N2O2S. The van der Waals surface area contributed by atoms with E-state index in [-0.39, 0.29) is 0 Å². The molecule has 104 valence electrons. The molecule has 1 aliphatic heterocycles. The average molecular weight is 280 g/mol. The normalized spacial score (nSPS) is 20.1. The predicted octanol–water partition coefficient (Wildman–Crippen LogP) is 1.58. The molecule has 19 heavy (non-hydrogen) atoms. The summed E-state index contributed by atoms with van der Waals surface area (Å²) in [5.74, 6) is 0.598. The van der Waals surface area contributed by atoms with Gasteiger partial charge in [-0.3, -0.25) is 0 Å². The molecule has 1 unspecified atom stereocenters. The Morgan fingerprint density at radius 3 is 2.79 bits per heavy atom. The van der Waals surface area contributed by atoms with Gasteiger partial charge in [-0.05, 0) is 43.5 Å². The summed E-state index contributed by atoms with van der Waals surface area (Å²) in [4.78, 5) is 0. The first kappa shape index (κ1) is 14.2. The first-order chi connectivity index (χ1) is 9.16. The maximum absolute atomic E-state index is 11.8. The van der Waals surface area contributed by atoms with Crippen molar-refractivity contribution in [1.29, 1.82) is 0 Å². The molecule has 2 N–H and O–H groups in total. The summed E-state index contributed by atoms with van der Waals surface area (Å²) >= 11 is 0. The quantitative estimate of drug-likeness (QED) is 0.831. The summed E-state index contributed by atoms with van der Waals surface area (Å²) < 4.78 is 26.1. The Bertz CT molecular complexity index is 506. The summed E-state index contributed by atoms with van der Waals surface area (Å²) in [6, 6.07) is 9.41. The van der Waals surface area contributed by atoms with Crippen molar-refractivity contribution < 1.29 is 8.42 Å². The van der Waals surface area contributed by atoms with Crippen molar-refractivity contribution in [3.8, 4) is 0 Å². The molecule has 1 aliphatic rings. The molecule has 1 heterocycles. The van der Waals surface area contributed by atoms with Crippen molar-refractivity contribution >= 4 is 16.1 Å². The van der Waals surface area contributed by atoms with Gasteiger partial charge in [0.15, 0.2) is 0 Å². The van der Waals surface area contributed by atoms with Gasteiger partial charge < -0.3 is 5.32 Å². The summed E-state index contributed by atoms with van der Waals surface area (Å²) in [5.41, 5.74) is 0.882. The molecule has 5 heteroatoms. The minimum Gasteiger partial charge on any atom is -0.316 e. The Morgan fingerprint density at radius 1 is 1.32 bits per heavy atom. The van der Waals surface area contributed by atoms with Crippen molar-refractivity contribution in [2.45, 2.75) is 12.8 Å². The van der Waals surface area contributed by atoms with E-state index in [1.807, 2.05) is 30.3 Å². The van der Waals surface area contributed by atoms with E-state index >= 15 is 0 Å². The molecule has 0 radical (unpaired) electrons. The van der Waals surface area contributed by atoms with Gasteiger partial charge in [0.1, 0.15) is 0 Å². The Kier molecular flexibility index (Phi) is 5.13. The first-order valence-electron chi connectivity index (χ1n) is 6.59. The highest BCUT2D eigenvalue weighted by Crippen LogP contribution is 2.11. The first-order valence-corrected chi connectivity index (χ1v) is 8.14. The SMILES string of the molecule is O=S(=O)(C=Cc1ccccc1)NCCC1CCNC1. The van der Waals surface area contributed by atoms with Gasteiger partial charge in [-0.25, -0.2) is 13.1 Å². The molecule has 0 amide bonds. The van der Waals surface area contributed by atoms with Gasteiger partial charge in [0.25, 0.3) is 0 Å². The van der Waals surface area contributed by atoms with E-state index in [0.717, 1.165) is 31.5 Å². The molecule has 0 spiro atoms. The fourth-order valence-corrected chi connectivity index (χ4v) is 2.98. The molecule has 1 aromatic carbocycles. The van der Waals surface area contributed by atoms with Crippen LogP contribution >= 0.6 is 0 Å². The lowest BCUT2D eigenvalue weighted by Gasteiger charge is -2.07. The molecule has 1 fully saturated rings. The van der Waals surface area contributed by atoms with E-state index in [2.05, 4.69) is 10.0 Å². The zero-order chi connectivity index (χ0) is 13.6. The maximum atomic E-state index is 11.8. The topological polar surface area (TPSA) is 58.2 Å². The molecule has 0 aromatic heterocycles. The van der Waals surface area contributed by atoms with Crippen molar-refractivity contribution in [2.24, 2.45) is 5.92 Å². The van der Waals surface area contributed by atoms with E-state index in [0.29, 0.717) is 12.5 Å². The minimum atomic E-state index is -3.32. The van der Waals surface area contributed by atoms with Gasteiger partial charge in [-0.2, -0.15) is 0 Å². The zero-order valence-electron chi connectivity index (χ0n) is 10.9. The maximum Gasteiger partial charge on any atom is 0.233 e. The lowest BCUT2D eigenvalue weighted by Crippen LogP contribution is -2.24. The van der Waals surface area contributed by atoms with Crippen LogP contribution in [0.15, 0.2) is 35.7 Å². The number of sulfonamides is 1. The number of nitrogens with one attached hydrogen (secondary N) is 2. The fraction of sp³-hybridized carbons (Fsp3) is 0.429. The number of hydrogen-bond donors (Lipinski definition) is 2. The van der Waals surface area contributed by atoms with Crippen LogP contribution in [0.25, 0.3) is 6.08 Å². The third-order valence-corrected chi connectivity index (χ3v) is 4.36. The van der Waals surface area contributed by atoms with Crippen molar-refractivity contribution in [2.75, 3.05) is 19.6 Å². The summed E-state index contributed by atoms with van der Waals surface area (Å²) in [5, 5.41) is 4.51. The van der Waals surface area contributed by atoms with Crippen LogP contribution in [-0.2, 0) is 10.0 Å². The lowest BCUT2D eigenvalue weighted by molar-refractivity contribution is 0.521. The van der Waals surface area contributed by atoms with Crippen LogP contribution in [0, 0.1) is 5.92 Å². The highest BCUT2D eigenvalue weighted by Gasteiger charge is 2.14. The second kappa shape index (κ2) is 6.84. The molecule has 0 aliphatic carbocycles. The highest BCUT2D eigenvalue weighted by molar-refractivity contribution is 7.92. The van der Waals surface area contributed by atoms with E-state index in [1.54, 1.807) is 6.08 Å². The Hall–Kier alpha value is -1.17. The molecule has 1 aromatic rings. The van der Waals surface area contributed by atoms with Gasteiger partial charge >= 0.3 is 0 Å². The number of rotatable bonds is 6. The molecular weight excluding hydrogens is 260 g/mol. The standard InChI is InChI=1S/C14H20N2O2S/c17-19(18,11-8-13-4-2-1-3-5-13)16-10-7-14-6-9-15-12-14/h1-5,8,11,14-16H,6-7,9-10,12H2. The Morgan fingerprint density at radius 2 is 2.11 bits per heavy atom. The van der Waals surface area contributed by atoms with Crippen LogP contribution < -0.4 is 10.0 Å². The minimum absolute atomic E-state index is 0.508. The predicted molar refractivity (Wildman–Crippen MR) is 78.0 cm³/mol. The van der Waals surface area contributed by atoms with Crippen molar-refractivity contribution in [3.63, 3.8) is 0 Å². The number of benzene rings is 1. The van der Waals surface area contributed by atoms with Gasteiger partial charge in [0.2, 0.25) is 10.0 Å². The van der Waals surface area contributed by atoms with Crippen LogP contribution in [0.1, 0.15) is 18.4 Å². The van der Waals surface area contributed by atoms with Crippen LogP contribution in [0.2, 0.25) is 0 Å². The van der Waals surface area contributed by atoms with E-state index in [9.17, 15) is 8.42 Å². The van der Waals surface area contributed by atoms with Gasteiger partial charge in [-0.1, -0.05) is 30.3 Å². The zero-order valence-corrected chi connectivity index (χ0v) is 11.7. The fourth-order valence-electron chi connectivity index (χ4n) is 2.15. The largest absolute Gasteiger partial charge is 0.316 e. The van der Waals surface area contributed by atoms with Gasteiger partial charge in [0, 0.05) is 12.0 Å². The Balaban J connectivity index is 1.79. The van der Waals surface area contributed by atoms with E-state index in [4.69, 9.17) is 0 Å².